The summed E-state index contributed by atoms with van der Waals surface area (Å²) in [7, 11) is 0. The minimum Gasteiger partial charge on any atom is -0.387 e. The molecule has 0 aromatic carbocycles. The molecule has 5 nitrogen and oxygen atoms in total. The Bertz CT molecular complexity index is 151. The topological polar surface area (TPSA) is 88.2 Å². The second-order valence-corrected chi connectivity index (χ2v) is 2.55. The fraction of sp³-hybridized carbons (Fsp3) is 1.00. The maximum Gasteiger partial charge on any atom is 0.189 e. The minimum absolute atomic E-state index is 0.366. The molecule has 0 radical (unpaired) electrons. The Kier molecular flexibility index (Phi) is 1.23. The molecule has 5 heteroatoms. The summed E-state index contributed by atoms with van der Waals surface area (Å²) in [5.41, 5.74) is 5.27. The van der Waals surface area contributed by atoms with Gasteiger partial charge in [-0.25, -0.2) is 0 Å². The van der Waals surface area contributed by atoms with Gasteiger partial charge in [-0.15, -0.1) is 0 Å². The van der Waals surface area contributed by atoms with Gasteiger partial charge in [-0.2, -0.15) is 0 Å². The lowest BCUT2D eigenvalue weighted by Gasteiger charge is -2.25. The highest BCUT2D eigenvalue weighted by Crippen LogP contribution is 2.33. The third-order valence-electron chi connectivity index (χ3n) is 1.80. The smallest absolute Gasteiger partial charge is 0.189 e. The van der Waals surface area contributed by atoms with Crippen LogP contribution in [0.5, 0.6) is 0 Å². The third kappa shape index (κ3) is 0.759. The van der Waals surface area contributed by atoms with Crippen LogP contribution in [-0.4, -0.2) is 41.0 Å². The van der Waals surface area contributed by atoms with Crippen LogP contribution >= 0.6 is 0 Å². The number of rotatable bonds is 0. The zero-order valence-electron chi connectivity index (χ0n) is 5.18. The van der Waals surface area contributed by atoms with E-state index in [1.165, 1.54) is 0 Å². The molecule has 5 unspecified atom stereocenters. The number of hydrogen-bond acceptors (Lipinski definition) is 5. The molecule has 58 valence electrons. The Balaban J connectivity index is 2.07. The van der Waals surface area contributed by atoms with E-state index in [1.807, 2.05) is 0 Å². The van der Waals surface area contributed by atoms with Crippen LogP contribution in [-0.2, 0) is 9.47 Å². The summed E-state index contributed by atoms with van der Waals surface area (Å²) in [5.74, 6) is 0. The summed E-state index contributed by atoms with van der Waals surface area (Å²) in [6.45, 7) is 0. The highest BCUT2D eigenvalue weighted by molar-refractivity contribution is 4.95. The Morgan fingerprint density at radius 1 is 1.10 bits per heavy atom. The Labute approximate surface area is 57.3 Å². The van der Waals surface area contributed by atoms with Crippen LogP contribution in [0, 0.1) is 0 Å². The first-order chi connectivity index (χ1) is 4.70. The Morgan fingerprint density at radius 2 is 1.80 bits per heavy atom. The lowest BCUT2D eigenvalue weighted by Crippen LogP contribution is -2.51. The van der Waals surface area contributed by atoms with Crippen molar-refractivity contribution in [2.45, 2.75) is 30.8 Å². The van der Waals surface area contributed by atoms with Crippen molar-refractivity contribution in [3.8, 4) is 0 Å². The number of fused-ring (bicyclic) bond motifs is 1. The first-order valence-corrected chi connectivity index (χ1v) is 3.13. The molecule has 2 fully saturated rings. The summed E-state index contributed by atoms with van der Waals surface area (Å²) in [6, 6.07) is 0. The van der Waals surface area contributed by atoms with Crippen LogP contribution in [0.4, 0.5) is 0 Å². The molecular weight excluding hydrogens is 138 g/mol. The highest BCUT2D eigenvalue weighted by atomic mass is 16.8. The molecule has 2 heterocycles. The molecular formula is C5H9NO4. The number of hydrogen-bond donors (Lipinski definition) is 3. The van der Waals surface area contributed by atoms with E-state index in [9.17, 15) is 0 Å². The van der Waals surface area contributed by atoms with Gasteiger partial charge in [0.05, 0.1) is 0 Å². The van der Waals surface area contributed by atoms with Crippen molar-refractivity contribution in [1.29, 1.82) is 0 Å². The van der Waals surface area contributed by atoms with Crippen molar-refractivity contribution < 1.29 is 19.7 Å². The van der Waals surface area contributed by atoms with E-state index in [2.05, 4.69) is 0 Å². The zero-order valence-corrected chi connectivity index (χ0v) is 5.18. The fourth-order valence-electron chi connectivity index (χ4n) is 1.08. The average Bonchev–Trinajstić information content (AvgIpc) is 2.62. The zero-order chi connectivity index (χ0) is 7.30. The normalized spacial score (nSPS) is 59.7. The standard InChI is InChI=1S/C5H9NO4/c6-4-2(8)1(7)3-5(9-3)10-4/h1-5,7-8H,6H2. The molecule has 0 spiro atoms. The van der Waals surface area contributed by atoms with E-state index in [1.54, 1.807) is 0 Å². The number of ether oxygens (including phenoxy) is 2. The second-order valence-electron chi connectivity index (χ2n) is 2.55. The lowest BCUT2D eigenvalue weighted by atomic mass is 10.1. The molecule has 2 aliphatic rings. The molecule has 0 aromatic heterocycles. The monoisotopic (exact) mass is 147 g/mol. The molecule has 0 bridgehead atoms. The van der Waals surface area contributed by atoms with E-state index < -0.39 is 24.7 Å². The second kappa shape index (κ2) is 1.90. The first-order valence-electron chi connectivity index (χ1n) is 3.13. The average molecular weight is 147 g/mol. The number of epoxide rings is 1. The molecule has 2 aliphatic heterocycles. The summed E-state index contributed by atoms with van der Waals surface area (Å²) in [5, 5.41) is 18.2. The lowest BCUT2D eigenvalue weighted by molar-refractivity contribution is -0.127. The summed E-state index contributed by atoms with van der Waals surface area (Å²) < 4.78 is 9.71. The minimum atomic E-state index is -1.02. The van der Waals surface area contributed by atoms with Gasteiger partial charge >= 0.3 is 0 Å². The van der Waals surface area contributed by atoms with Crippen LogP contribution in [0.15, 0.2) is 0 Å². The quantitative estimate of drug-likeness (QED) is 0.337. The van der Waals surface area contributed by atoms with Gasteiger partial charge < -0.3 is 25.4 Å². The molecule has 0 aromatic rings. The Morgan fingerprint density at radius 3 is 2.50 bits per heavy atom. The number of aliphatic hydroxyl groups is 2. The van der Waals surface area contributed by atoms with Gasteiger partial charge in [0.1, 0.15) is 24.5 Å². The van der Waals surface area contributed by atoms with Crippen molar-refractivity contribution >= 4 is 0 Å². The maximum atomic E-state index is 9.12. The van der Waals surface area contributed by atoms with Crippen molar-refractivity contribution in [3.05, 3.63) is 0 Å². The van der Waals surface area contributed by atoms with Crippen LogP contribution in [0.1, 0.15) is 0 Å². The molecule has 5 atom stereocenters. The molecule has 0 amide bonds. The maximum absolute atomic E-state index is 9.12. The van der Waals surface area contributed by atoms with E-state index >= 15 is 0 Å². The molecule has 4 N–H and O–H groups in total. The van der Waals surface area contributed by atoms with Crippen molar-refractivity contribution in [2.75, 3.05) is 0 Å². The van der Waals surface area contributed by atoms with Crippen molar-refractivity contribution in [2.24, 2.45) is 5.73 Å². The van der Waals surface area contributed by atoms with Gasteiger partial charge in [0.25, 0.3) is 0 Å². The molecule has 10 heavy (non-hydrogen) atoms. The van der Waals surface area contributed by atoms with E-state index in [0.29, 0.717) is 0 Å². The molecule has 2 saturated heterocycles. The van der Waals surface area contributed by atoms with Crippen LogP contribution < -0.4 is 5.73 Å². The van der Waals surface area contributed by atoms with Crippen molar-refractivity contribution in [1.82, 2.24) is 0 Å². The van der Waals surface area contributed by atoms with E-state index in [-0.39, 0.29) is 6.10 Å². The molecule has 2 rings (SSSR count). The van der Waals surface area contributed by atoms with E-state index in [4.69, 9.17) is 25.4 Å². The summed E-state index contributed by atoms with van der Waals surface area (Å²) in [4.78, 5) is 0. The SMILES string of the molecule is NC1OC2OC2C(O)C1O. The number of nitrogens with two attached hydrogens (primary N) is 1. The largest absolute Gasteiger partial charge is 0.387 e. The summed E-state index contributed by atoms with van der Waals surface area (Å²) >= 11 is 0. The van der Waals surface area contributed by atoms with E-state index in [0.717, 1.165) is 0 Å². The van der Waals surface area contributed by atoms with Gasteiger partial charge in [0.2, 0.25) is 0 Å². The molecule has 0 saturated carbocycles. The van der Waals surface area contributed by atoms with Gasteiger partial charge in [0, 0.05) is 0 Å². The highest BCUT2D eigenvalue weighted by Gasteiger charge is 2.55. The van der Waals surface area contributed by atoms with Crippen LogP contribution in [0.3, 0.4) is 0 Å². The van der Waals surface area contributed by atoms with Crippen LogP contribution in [0.25, 0.3) is 0 Å². The number of aliphatic hydroxyl groups excluding tert-OH is 2. The van der Waals surface area contributed by atoms with Gasteiger partial charge in [0.15, 0.2) is 6.29 Å². The van der Waals surface area contributed by atoms with Gasteiger partial charge in [-0.05, 0) is 0 Å². The van der Waals surface area contributed by atoms with Gasteiger partial charge in [-0.3, -0.25) is 0 Å². The molecule has 0 aliphatic carbocycles. The first kappa shape index (κ1) is 6.51. The third-order valence-corrected chi connectivity index (χ3v) is 1.80. The van der Waals surface area contributed by atoms with Crippen molar-refractivity contribution in [3.63, 3.8) is 0 Å². The fourth-order valence-corrected chi connectivity index (χ4v) is 1.08. The van der Waals surface area contributed by atoms with Crippen LogP contribution in [0.2, 0.25) is 0 Å². The Hall–Kier alpha value is -0.200. The predicted molar refractivity (Wildman–Crippen MR) is 29.7 cm³/mol. The predicted octanol–water partition coefficient (Wildman–Crippen LogP) is -2.25. The summed E-state index contributed by atoms with van der Waals surface area (Å²) in [6.07, 6.45) is -3.50. The van der Waals surface area contributed by atoms with Gasteiger partial charge in [-0.1, -0.05) is 0 Å².